The maximum atomic E-state index is 15.2. The molecule has 0 radical (unpaired) electrons. The number of aromatic nitrogens is 2. The second-order valence-electron chi connectivity index (χ2n) is 10.1. The van der Waals surface area contributed by atoms with Crippen molar-refractivity contribution >= 4 is 34.4 Å². The predicted molar refractivity (Wildman–Crippen MR) is 141 cm³/mol. The van der Waals surface area contributed by atoms with Gasteiger partial charge in [0, 0.05) is 17.2 Å². The molecule has 4 rings (SSSR count). The normalized spacial score (nSPS) is 24.8. The first kappa shape index (κ1) is 27.3. The van der Waals surface area contributed by atoms with E-state index < -0.39 is 46.2 Å². The van der Waals surface area contributed by atoms with Crippen LogP contribution in [-0.4, -0.2) is 50.0 Å². The van der Waals surface area contributed by atoms with Crippen LogP contribution in [0.2, 0.25) is 0 Å². The van der Waals surface area contributed by atoms with E-state index in [4.69, 9.17) is 16.9 Å². The number of amides is 2. The molecule has 4 N–H and O–H groups in total. The Hall–Kier alpha value is -3.72. The van der Waals surface area contributed by atoms with Crippen molar-refractivity contribution in [2.24, 2.45) is 16.6 Å². The third-order valence-corrected chi connectivity index (χ3v) is 7.85. The largest absolute Gasteiger partial charge is 0.460 e. The van der Waals surface area contributed by atoms with Crippen molar-refractivity contribution in [2.75, 3.05) is 12.0 Å². The van der Waals surface area contributed by atoms with Gasteiger partial charge in [0.25, 0.3) is 5.91 Å². The number of thioether (sulfide) groups is 1. The van der Waals surface area contributed by atoms with Gasteiger partial charge in [-0.15, -0.1) is 6.42 Å². The molecule has 200 valence electrons. The summed E-state index contributed by atoms with van der Waals surface area (Å²) in [6, 6.07) is 4.08. The first-order chi connectivity index (χ1) is 17.8. The minimum atomic E-state index is -1.19. The van der Waals surface area contributed by atoms with Gasteiger partial charge in [0.2, 0.25) is 11.8 Å². The number of benzene rings is 1. The fourth-order valence-electron chi connectivity index (χ4n) is 4.41. The lowest BCUT2D eigenvalue weighted by atomic mass is 9.85. The molecular weight excluding hydrogens is 514 g/mol. The van der Waals surface area contributed by atoms with Crippen molar-refractivity contribution in [1.29, 1.82) is 0 Å². The fourth-order valence-corrected chi connectivity index (χ4v) is 5.79. The highest BCUT2D eigenvalue weighted by Crippen LogP contribution is 2.66. The lowest BCUT2D eigenvalue weighted by molar-refractivity contribution is -0.123. The monoisotopic (exact) mass is 542 g/mol. The van der Waals surface area contributed by atoms with Crippen LogP contribution in [-0.2, 0) is 10.3 Å². The zero-order chi connectivity index (χ0) is 27.9. The Kier molecular flexibility index (Phi) is 7.09. The molecule has 1 aliphatic carbocycles. The van der Waals surface area contributed by atoms with E-state index in [-0.39, 0.29) is 33.9 Å². The number of aliphatic imine (C=N–C) groups is 1. The summed E-state index contributed by atoms with van der Waals surface area (Å²) >= 11 is 1.11. The van der Waals surface area contributed by atoms with E-state index in [2.05, 4.69) is 31.5 Å². The molecule has 2 aliphatic rings. The van der Waals surface area contributed by atoms with Gasteiger partial charge in [-0.2, -0.15) is 0 Å². The zero-order valence-electron chi connectivity index (χ0n) is 21.3. The van der Waals surface area contributed by atoms with Gasteiger partial charge in [0.1, 0.15) is 22.9 Å². The van der Waals surface area contributed by atoms with Crippen LogP contribution in [0.15, 0.2) is 35.6 Å². The Morgan fingerprint density at radius 1 is 1.37 bits per heavy atom. The number of alkyl halides is 1. The number of carbonyl (C=O) groups is 2. The van der Waals surface area contributed by atoms with Crippen LogP contribution in [0.1, 0.15) is 50.2 Å². The summed E-state index contributed by atoms with van der Waals surface area (Å²) < 4.78 is 32.9. The van der Waals surface area contributed by atoms with Crippen molar-refractivity contribution in [3.05, 3.63) is 47.7 Å². The molecule has 9 nitrogen and oxygen atoms in total. The number of halogens is 2. The van der Waals surface area contributed by atoms with Crippen molar-refractivity contribution in [3.63, 3.8) is 0 Å². The van der Waals surface area contributed by atoms with Gasteiger partial charge in [0.15, 0.2) is 11.3 Å². The number of ether oxygens (including phenoxy) is 1. The van der Waals surface area contributed by atoms with Gasteiger partial charge >= 0.3 is 0 Å². The molecular formula is C26H28F2N6O3S. The smallest absolute Gasteiger partial charge is 0.275 e. The summed E-state index contributed by atoms with van der Waals surface area (Å²) in [6.07, 6.45) is 7.66. The SMILES string of the molecule is C#C[C@H](C)Oc1cnc(C(=O)Nc2ccc(F)c([C@@]3(C)N=C(N)S[C@@]4(C(=O)NC(C)(C)CF)C[C@H]43)c2)cn1. The molecule has 2 aromatic rings. The number of rotatable bonds is 8. The third-order valence-electron chi connectivity index (χ3n) is 6.55. The average Bonchev–Trinajstić information content (AvgIpc) is 3.62. The number of nitrogens with zero attached hydrogens (tertiary/aromatic N) is 3. The molecule has 38 heavy (non-hydrogen) atoms. The molecule has 0 spiro atoms. The Morgan fingerprint density at radius 2 is 2.11 bits per heavy atom. The summed E-state index contributed by atoms with van der Waals surface area (Å²) in [4.78, 5) is 38.5. The molecule has 1 aliphatic heterocycles. The first-order valence-corrected chi connectivity index (χ1v) is 12.6. The van der Waals surface area contributed by atoms with Crippen molar-refractivity contribution in [2.45, 2.75) is 56.0 Å². The molecule has 12 heteroatoms. The molecule has 1 fully saturated rings. The van der Waals surface area contributed by atoms with Crippen LogP contribution in [0.25, 0.3) is 0 Å². The van der Waals surface area contributed by atoms with Gasteiger partial charge in [-0.05, 0) is 52.3 Å². The van der Waals surface area contributed by atoms with Gasteiger partial charge in [-0.25, -0.2) is 18.7 Å². The second-order valence-corrected chi connectivity index (χ2v) is 11.5. The van der Waals surface area contributed by atoms with E-state index >= 15 is 4.39 Å². The van der Waals surface area contributed by atoms with Gasteiger partial charge in [0.05, 0.1) is 23.5 Å². The standard InChI is InChI=1S/C26H28F2N6O3S/c1-6-14(2)37-20-12-30-18(11-31-20)21(35)32-15-7-8-17(28)16(9-15)25(5)19-10-26(19,38-23(29)34-25)22(36)33-24(3,4)13-27/h1,7-9,11-12,14,19H,10,13H2,2-5H3,(H2,29,34)(H,32,35)(H,33,36)/t14-,19-,25+,26-/m0/s1. The van der Waals surface area contributed by atoms with E-state index in [0.29, 0.717) is 6.42 Å². The van der Waals surface area contributed by atoms with E-state index in [1.165, 1.54) is 30.6 Å². The van der Waals surface area contributed by atoms with Crippen molar-refractivity contribution < 1.29 is 23.1 Å². The summed E-state index contributed by atoms with van der Waals surface area (Å²) in [5, 5.41) is 5.53. The predicted octanol–water partition coefficient (Wildman–Crippen LogP) is 3.17. The Morgan fingerprint density at radius 3 is 2.74 bits per heavy atom. The molecule has 4 atom stereocenters. The molecule has 2 amide bonds. The number of carbonyl (C=O) groups excluding carboxylic acids is 2. The molecule has 0 saturated heterocycles. The summed E-state index contributed by atoms with van der Waals surface area (Å²) in [6.45, 7) is 5.78. The Labute approximate surface area is 223 Å². The first-order valence-electron chi connectivity index (χ1n) is 11.8. The average molecular weight is 543 g/mol. The Balaban J connectivity index is 1.56. The van der Waals surface area contributed by atoms with Crippen LogP contribution < -0.4 is 21.1 Å². The van der Waals surface area contributed by atoms with E-state index in [1.807, 2.05) is 0 Å². The van der Waals surface area contributed by atoms with E-state index in [9.17, 15) is 14.0 Å². The van der Waals surface area contributed by atoms with Crippen LogP contribution in [0.5, 0.6) is 5.88 Å². The lowest BCUT2D eigenvalue weighted by Gasteiger charge is -2.35. The second kappa shape index (κ2) is 9.87. The number of hydrogen-bond acceptors (Lipinski definition) is 8. The highest BCUT2D eigenvalue weighted by Gasteiger charge is 2.71. The molecule has 1 saturated carbocycles. The number of fused-ring (bicyclic) bond motifs is 1. The number of nitrogens with one attached hydrogen (secondary N) is 2. The highest BCUT2D eigenvalue weighted by molar-refractivity contribution is 8.15. The minimum absolute atomic E-state index is 0.00693. The molecule has 1 aromatic heterocycles. The molecule has 2 heterocycles. The number of amidine groups is 1. The number of anilines is 1. The number of hydrogen-bond donors (Lipinski definition) is 3. The van der Waals surface area contributed by atoms with Crippen molar-refractivity contribution in [1.82, 2.24) is 15.3 Å². The zero-order valence-corrected chi connectivity index (χ0v) is 22.2. The maximum Gasteiger partial charge on any atom is 0.275 e. The van der Waals surface area contributed by atoms with Crippen LogP contribution >= 0.6 is 11.8 Å². The number of nitrogens with two attached hydrogens (primary N) is 1. The van der Waals surface area contributed by atoms with Crippen molar-refractivity contribution in [3.8, 4) is 18.2 Å². The number of terminal acetylenes is 1. The summed E-state index contributed by atoms with van der Waals surface area (Å²) in [5.74, 6) is 0.658. The summed E-state index contributed by atoms with van der Waals surface area (Å²) in [7, 11) is 0. The maximum absolute atomic E-state index is 15.2. The van der Waals surface area contributed by atoms with Gasteiger partial charge < -0.3 is 21.1 Å². The van der Waals surface area contributed by atoms with Gasteiger partial charge in [-0.3, -0.25) is 14.6 Å². The molecule has 0 bridgehead atoms. The van der Waals surface area contributed by atoms with Crippen LogP contribution in [0.4, 0.5) is 14.5 Å². The Bertz CT molecular complexity index is 1350. The topological polar surface area (TPSA) is 132 Å². The highest BCUT2D eigenvalue weighted by atomic mass is 32.2. The van der Waals surface area contributed by atoms with E-state index in [1.54, 1.807) is 27.7 Å². The fraction of sp³-hybridized carbons (Fsp3) is 0.423. The van der Waals surface area contributed by atoms with Crippen LogP contribution in [0, 0.1) is 24.1 Å². The van der Waals surface area contributed by atoms with Gasteiger partial charge in [-0.1, -0.05) is 17.7 Å². The third kappa shape index (κ3) is 5.15. The quantitative estimate of drug-likeness (QED) is 0.437. The van der Waals surface area contributed by atoms with Crippen LogP contribution in [0.3, 0.4) is 0 Å². The van der Waals surface area contributed by atoms with E-state index in [0.717, 1.165) is 11.8 Å². The summed E-state index contributed by atoms with van der Waals surface area (Å²) in [5.41, 5.74) is 4.33. The molecule has 0 unspecified atom stereocenters. The minimum Gasteiger partial charge on any atom is -0.460 e. The lowest BCUT2D eigenvalue weighted by Crippen LogP contribution is -2.52. The molecule has 1 aromatic carbocycles.